The second-order valence-corrected chi connectivity index (χ2v) is 9.82. The lowest BCUT2D eigenvalue weighted by Gasteiger charge is -2.23. The van der Waals surface area contributed by atoms with Crippen molar-refractivity contribution in [3.8, 4) is 5.75 Å². The number of hydrazine groups is 1. The number of rotatable bonds is 8. The summed E-state index contributed by atoms with van der Waals surface area (Å²) in [6.07, 6.45) is 0. The van der Waals surface area contributed by atoms with E-state index in [1.54, 1.807) is 61.5 Å². The van der Waals surface area contributed by atoms with Crippen LogP contribution in [0.25, 0.3) is 0 Å². The zero-order valence-electron chi connectivity index (χ0n) is 23.0. The molecule has 0 atom stereocenters. The van der Waals surface area contributed by atoms with Crippen molar-refractivity contribution in [2.75, 3.05) is 31.2 Å². The van der Waals surface area contributed by atoms with Crippen LogP contribution in [0.1, 0.15) is 38.8 Å². The third kappa shape index (κ3) is 7.43. The number of hydrogen-bond acceptors (Lipinski definition) is 7. The molecule has 0 radical (unpaired) electrons. The van der Waals surface area contributed by atoms with Gasteiger partial charge in [0.1, 0.15) is 32.1 Å². The van der Waals surface area contributed by atoms with Crippen LogP contribution in [0.2, 0.25) is 5.02 Å². The molecule has 3 aromatic rings. The van der Waals surface area contributed by atoms with Crippen molar-refractivity contribution in [1.29, 1.82) is 0 Å². The van der Waals surface area contributed by atoms with Crippen molar-refractivity contribution in [3.05, 3.63) is 94.0 Å². The van der Waals surface area contributed by atoms with Crippen molar-refractivity contribution in [1.82, 2.24) is 15.8 Å². The molecule has 42 heavy (non-hydrogen) atoms. The first-order chi connectivity index (χ1) is 20.1. The van der Waals surface area contributed by atoms with Gasteiger partial charge in [-0.3, -0.25) is 39.7 Å². The molecule has 0 aromatic heterocycles. The number of amides is 4. The number of hydrogen-bond donors (Lipinski definition) is 2. The number of aryl methyl sites for hydroxylation is 1. The Hall–Kier alpha value is -4.90. The number of halogens is 1. The molecule has 0 saturated heterocycles. The van der Waals surface area contributed by atoms with Crippen molar-refractivity contribution in [3.63, 3.8) is 0 Å². The quantitative estimate of drug-likeness (QED) is 0.233. The van der Waals surface area contributed by atoms with Gasteiger partial charge in [-0.15, -0.1) is 0 Å². The van der Waals surface area contributed by atoms with Gasteiger partial charge in [-0.1, -0.05) is 48.0 Å². The highest BCUT2D eigenvalue weighted by molar-refractivity contribution is 6.34. The molecule has 12 heteroatoms. The van der Waals surface area contributed by atoms with Crippen molar-refractivity contribution in [2.45, 2.75) is 20.4 Å². The molecule has 1 aliphatic rings. The van der Waals surface area contributed by atoms with E-state index in [1.807, 2.05) is 0 Å². The molecule has 1 heterocycles. The summed E-state index contributed by atoms with van der Waals surface area (Å²) < 4.78 is 10.3. The number of benzene rings is 3. The predicted molar refractivity (Wildman–Crippen MR) is 154 cm³/mol. The van der Waals surface area contributed by atoms with E-state index in [-0.39, 0.29) is 43.4 Å². The Morgan fingerprint density at radius 3 is 2.38 bits per heavy atom. The summed E-state index contributed by atoms with van der Waals surface area (Å²) in [5.74, 6) is -2.11. The molecule has 0 unspecified atom stereocenters. The SMILES string of the molecule is CC(=O)OCCOc1ccc(C(=O)N2CC(=O)N(CC(=O)NNC(=O)c3ccccc3C)Cc3ccccc32)c(Cl)c1. The minimum atomic E-state index is -0.602. The zero-order chi connectivity index (χ0) is 30.2. The second kappa shape index (κ2) is 13.6. The number of anilines is 1. The van der Waals surface area contributed by atoms with Crippen molar-refractivity contribution >= 4 is 46.9 Å². The van der Waals surface area contributed by atoms with Gasteiger partial charge in [0.25, 0.3) is 17.7 Å². The van der Waals surface area contributed by atoms with Crippen LogP contribution in [0.3, 0.4) is 0 Å². The second-order valence-electron chi connectivity index (χ2n) is 9.42. The fourth-order valence-electron chi connectivity index (χ4n) is 4.33. The Kier molecular flexibility index (Phi) is 9.77. The van der Waals surface area contributed by atoms with Crippen molar-refractivity contribution in [2.24, 2.45) is 0 Å². The number of nitrogens with one attached hydrogen (secondary N) is 2. The molecular formula is C30H29ClN4O7. The van der Waals surface area contributed by atoms with E-state index in [0.717, 1.165) is 5.56 Å². The number of nitrogens with zero attached hydrogens (tertiary/aromatic N) is 2. The van der Waals surface area contributed by atoms with Gasteiger partial charge in [0.05, 0.1) is 10.6 Å². The average molecular weight is 593 g/mol. The third-order valence-electron chi connectivity index (χ3n) is 6.40. The number of carbonyl (C=O) groups is 5. The van der Waals surface area contributed by atoms with Gasteiger partial charge in [0.2, 0.25) is 5.91 Å². The lowest BCUT2D eigenvalue weighted by atomic mass is 10.1. The topological polar surface area (TPSA) is 134 Å². The Labute approximate surface area is 247 Å². The molecule has 218 valence electrons. The minimum Gasteiger partial charge on any atom is -0.490 e. The largest absolute Gasteiger partial charge is 0.490 e. The third-order valence-corrected chi connectivity index (χ3v) is 6.72. The van der Waals surface area contributed by atoms with Crippen LogP contribution >= 0.6 is 11.6 Å². The van der Waals surface area contributed by atoms with E-state index in [1.165, 1.54) is 28.9 Å². The molecule has 3 aromatic carbocycles. The highest BCUT2D eigenvalue weighted by Crippen LogP contribution is 2.30. The predicted octanol–water partition coefficient (Wildman–Crippen LogP) is 3.04. The molecule has 0 bridgehead atoms. The van der Waals surface area contributed by atoms with Crippen molar-refractivity contribution < 1.29 is 33.4 Å². The zero-order valence-corrected chi connectivity index (χ0v) is 23.8. The first-order valence-corrected chi connectivity index (χ1v) is 13.4. The maximum absolute atomic E-state index is 13.6. The van der Waals surface area contributed by atoms with Gasteiger partial charge in [0.15, 0.2) is 0 Å². The molecule has 0 spiro atoms. The molecule has 11 nitrogen and oxygen atoms in total. The van der Waals surface area contributed by atoms with Crippen LogP contribution in [0.4, 0.5) is 5.69 Å². The fraction of sp³-hybridized carbons (Fsp3) is 0.233. The van der Waals surface area contributed by atoms with Crippen LogP contribution in [0.15, 0.2) is 66.7 Å². The summed E-state index contributed by atoms with van der Waals surface area (Å²) in [5, 5.41) is 0.111. The Morgan fingerprint density at radius 2 is 1.64 bits per heavy atom. The molecule has 0 aliphatic carbocycles. The standard InChI is InChI=1S/C30H29ClN4O7/c1-19-7-3-5-9-23(19)29(39)33-32-27(37)17-34-16-21-8-4-6-10-26(21)35(18-28(34)38)30(40)24-12-11-22(15-25(24)31)42-14-13-41-20(2)36/h3-12,15H,13-14,16-18H2,1-2H3,(H,32,37)(H,33,39). The molecule has 1 aliphatic heterocycles. The van der Waals surface area contributed by atoms with E-state index in [4.69, 9.17) is 21.1 Å². The summed E-state index contributed by atoms with van der Waals surface area (Å²) in [7, 11) is 0. The summed E-state index contributed by atoms with van der Waals surface area (Å²) in [5.41, 5.74) is 7.18. The van der Waals surface area contributed by atoms with Crippen LogP contribution in [-0.2, 0) is 25.7 Å². The van der Waals surface area contributed by atoms with Gasteiger partial charge >= 0.3 is 5.97 Å². The van der Waals surface area contributed by atoms with Gasteiger partial charge < -0.3 is 14.4 Å². The number of para-hydroxylation sites is 1. The van der Waals surface area contributed by atoms with E-state index in [2.05, 4.69) is 10.9 Å². The lowest BCUT2D eigenvalue weighted by molar-refractivity contribution is -0.141. The molecule has 4 rings (SSSR count). The smallest absolute Gasteiger partial charge is 0.302 e. The summed E-state index contributed by atoms with van der Waals surface area (Å²) in [4.78, 5) is 65.6. The van der Waals surface area contributed by atoms with E-state index < -0.39 is 29.6 Å². The number of esters is 1. The lowest BCUT2D eigenvalue weighted by Crippen LogP contribution is -2.48. The molecule has 4 amide bonds. The van der Waals surface area contributed by atoms with Gasteiger partial charge in [-0.05, 0) is 48.4 Å². The normalized spacial score (nSPS) is 12.6. The highest BCUT2D eigenvalue weighted by atomic mass is 35.5. The van der Waals surface area contributed by atoms with Crippen LogP contribution in [0.5, 0.6) is 5.75 Å². The number of fused-ring (bicyclic) bond motifs is 1. The highest BCUT2D eigenvalue weighted by Gasteiger charge is 2.31. The molecular weight excluding hydrogens is 564 g/mol. The Balaban J connectivity index is 1.44. The number of ether oxygens (including phenoxy) is 2. The molecule has 0 fully saturated rings. The van der Waals surface area contributed by atoms with Gasteiger partial charge in [0, 0.05) is 24.7 Å². The first kappa shape index (κ1) is 30.1. The maximum atomic E-state index is 13.6. The molecule has 2 N–H and O–H groups in total. The van der Waals surface area contributed by atoms with E-state index in [0.29, 0.717) is 22.6 Å². The van der Waals surface area contributed by atoms with E-state index >= 15 is 0 Å². The Morgan fingerprint density at radius 1 is 0.905 bits per heavy atom. The first-order valence-electron chi connectivity index (χ1n) is 13.0. The van der Waals surface area contributed by atoms with Gasteiger partial charge in [-0.2, -0.15) is 0 Å². The monoisotopic (exact) mass is 592 g/mol. The van der Waals surface area contributed by atoms with Crippen LogP contribution in [-0.4, -0.2) is 60.8 Å². The maximum Gasteiger partial charge on any atom is 0.302 e. The summed E-state index contributed by atoms with van der Waals surface area (Å²) >= 11 is 6.43. The van der Waals surface area contributed by atoms with Crippen LogP contribution < -0.4 is 20.5 Å². The summed E-state index contributed by atoms with van der Waals surface area (Å²) in [6.45, 7) is 2.63. The number of carbonyl (C=O) groups excluding carboxylic acids is 5. The van der Waals surface area contributed by atoms with Gasteiger partial charge in [-0.25, -0.2) is 0 Å². The Bertz CT molecular complexity index is 1530. The van der Waals surface area contributed by atoms with Crippen LogP contribution in [0, 0.1) is 6.92 Å². The fourth-order valence-corrected chi connectivity index (χ4v) is 4.58. The van der Waals surface area contributed by atoms with E-state index in [9.17, 15) is 24.0 Å². The average Bonchev–Trinajstić information content (AvgIpc) is 3.10. The molecule has 0 saturated carbocycles. The summed E-state index contributed by atoms with van der Waals surface area (Å²) in [6, 6.07) is 18.4. The minimum absolute atomic E-state index is 0.0634.